The number of amides is 4. The first-order valence-electron chi connectivity index (χ1n) is 8.32. The number of imide groups is 1. The Morgan fingerprint density at radius 1 is 1.38 bits per heavy atom. The lowest BCUT2D eigenvalue weighted by Gasteiger charge is -2.36. The maximum atomic E-state index is 12.8. The summed E-state index contributed by atoms with van der Waals surface area (Å²) in [5.41, 5.74) is 0.0914. The summed E-state index contributed by atoms with van der Waals surface area (Å²) in [4.78, 5) is 42.1. The van der Waals surface area contributed by atoms with Crippen LogP contribution in [0.2, 0.25) is 0 Å². The highest BCUT2D eigenvalue weighted by Gasteiger charge is 2.55. The van der Waals surface area contributed by atoms with E-state index in [-0.39, 0.29) is 24.3 Å². The first-order valence-corrected chi connectivity index (χ1v) is 8.32. The summed E-state index contributed by atoms with van der Waals surface area (Å²) in [6.45, 7) is 2.08. The molecule has 1 saturated heterocycles. The van der Waals surface area contributed by atoms with Gasteiger partial charge in [0.05, 0.1) is 0 Å². The SMILES string of the molecule is CC1CCCCC12NC(=O)N(CC(=O)NCc1ccncc1)C2=O. The number of hydrogen-bond donors (Lipinski definition) is 2. The van der Waals surface area contributed by atoms with Crippen molar-refractivity contribution in [2.75, 3.05) is 6.54 Å². The van der Waals surface area contributed by atoms with Crippen LogP contribution >= 0.6 is 0 Å². The molecule has 2 heterocycles. The smallest absolute Gasteiger partial charge is 0.325 e. The largest absolute Gasteiger partial charge is 0.350 e. The highest BCUT2D eigenvalue weighted by molar-refractivity contribution is 6.09. The topological polar surface area (TPSA) is 91.4 Å². The molecule has 1 aliphatic heterocycles. The Morgan fingerprint density at radius 3 is 2.83 bits per heavy atom. The minimum Gasteiger partial charge on any atom is -0.350 e. The molecule has 2 atom stereocenters. The fourth-order valence-electron chi connectivity index (χ4n) is 3.54. The third kappa shape index (κ3) is 2.98. The summed E-state index contributed by atoms with van der Waals surface area (Å²) >= 11 is 0. The van der Waals surface area contributed by atoms with Crippen LogP contribution in [0.1, 0.15) is 38.2 Å². The molecule has 1 aromatic heterocycles. The van der Waals surface area contributed by atoms with Gasteiger partial charge in [-0.15, -0.1) is 0 Å². The van der Waals surface area contributed by atoms with Crippen LogP contribution in [0.25, 0.3) is 0 Å². The second-order valence-electron chi connectivity index (χ2n) is 6.57. The van der Waals surface area contributed by atoms with Gasteiger partial charge >= 0.3 is 6.03 Å². The van der Waals surface area contributed by atoms with E-state index in [1.807, 2.05) is 6.92 Å². The molecule has 2 unspecified atom stereocenters. The van der Waals surface area contributed by atoms with Gasteiger partial charge in [-0.1, -0.05) is 19.8 Å². The number of carbonyl (C=O) groups excluding carboxylic acids is 3. The molecule has 0 radical (unpaired) electrons. The Balaban J connectivity index is 1.61. The molecule has 128 valence electrons. The molecule has 1 saturated carbocycles. The van der Waals surface area contributed by atoms with Crippen LogP contribution in [0.3, 0.4) is 0 Å². The van der Waals surface area contributed by atoms with Crippen molar-refractivity contribution in [3.05, 3.63) is 30.1 Å². The number of carbonyl (C=O) groups is 3. The normalized spacial score (nSPS) is 26.5. The molecular formula is C17H22N4O3. The van der Waals surface area contributed by atoms with Crippen LogP contribution in [0.4, 0.5) is 4.79 Å². The predicted octanol–water partition coefficient (Wildman–Crippen LogP) is 1.20. The molecule has 7 heteroatoms. The minimum atomic E-state index is -0.819. The molecule has 0 bridgehead atoms. The summed E-state index contributed by atoms with van der Waals surface area (Å²) in [5, 5.41) is 5.58. The van der Waals surface area contributed by atoms with E-state index < -0.39 is 11.6 Å². The molecule has 0 aromatic carbocycles. The lowest BCUT2D eigenvalue weighted by Crippen LogP contribution is -2.54. The highest BCUT2D eigenvalue weighted by atomic mass is 16.2. The van der Waals surface area contributed by atoms with E-state index in [0.717, 1.165) is 29.7 Å². The van der Waals surface area contributed by atoms with E-state index in [1.54, 1.807) is 24.5 Å². The molecule has 7 nitrogen and oxygen atoms in total. The van der Waals surface area contributed by atoms with E-state index in [2.05, 4.69) is 15.6 Å². The summed E-state index contributed by atoms with van der Waals surface area (Å²) in [6, 6.07) is 3.13. The fourth-order valence-corrected chi connectivity index (χ4v) is 3.54. The van der Waals surface area contributed by atoms with Gasteiger partial charge in [0.2, 0.25) is 5.91 Å². The second-order valence-corrected chi connectivity index (χ2v) is 6.57. The zero-order valence-electron chi connectivity index (χ0n) is 13.7. The van der Waals surface area contributed by atoms with Gasteiger partial charge in [-0.3, -0.25) is 19.5 Å². The zero-order chi connectivity index (χ0) is 17.2. The third-order valence-electron chi connectivity index (χ3n) is 5.04. The quantitative estimate of drug-likeness (QED) is 0.812. The van der Waals surface area contributed by atoms with Crippen LogP contribution in [-0.2, 0) is 16.1 Å². The molecular weight excluding hydrogens is 308 g/mol. The Kier molecular flexibility index (Phi) is 4.51. The van der Waals surface area contributed by atoms with E-state index in [4.69, 9.17) is 0 Å². The first-order chi connectivity index (χ1) is 11.5. The van der Waals surface area contributed by atoms with Gasteiger partial charge in [0.1, 0.15) is 12.1 Å². The average molecular weight is 330 g/mol. The van der Waals surface area contributed by atoms with Crippen molar-refractivity contribution < 1.29 is 14.4 Å². The minimum absolute atomic E-state index is 0.0904. The zero-order valence-corrected chi connectivity index (χ0v) is 13.7. The Labute approximate surface area is 140 Å². The van der Waals surface area contributed by atoms with Crippen molar-refractivity contribution in [1.29, 1.82) is 0 Å². The number of rotatable bonds is 4. The van der Waals surface area contributed by atoms with Gasteiger partial charge < -0.3 is 10.6 Å². The Bertz CT molecular complexity index is 648. The number of hydrogen-bond acceptors (Lipinski definition) is 4. The van der Waals surface area contributed by atoms with Crippen molar-refractivity contribution in [3.8, 4) is 0 Å². The maximum Gasteiger partial charge on any atom is 0.325 e. The standard InChI is InChI=1S/C17H22N4O3/c1-12-4-2-3-7-17(12)15(23)21(16(24)20-17)11-14(22)19-10-13-5-8-18-9-6-13/h5-6,8-9,12H,2-4,7,10-11H2,1H3,(H,19,22)(H,20,24). The monoisotopic (exact) mass is 330 g/mol. The van der Waals surface area contributed by atoms with Gasteiger partial charge in [0, 0.05) is 18.9 Å². The van der Waals surface area contributed by atoms with Crippen LogP contribution in [0.15, 0.2) is 24.5 Å². The third-order valence-corrected chi connectivity index (χ3v) is 5.04. The van der Waals surface area contributed by atoms with Gasteiger partial charge in [-0.05, 0) is 36.5 Å². The molecule has 3 rings (SSSR count). The van der Waals surface area contributed by atoms with E-state index in [1.165, 1.54) is 0 Å². The van der Waals surface area contributed by atoms with Crippen LogP contribution in [0, 0.1) is 5.92 Å². The Morgan fingerprint density at radius 2 is 2.12 bits per heavy atom. The Hall–Kier alpha value is -2.44. The lowest BCUT2D eigenvalue weighted by atomic mass is 9.73. The second kappa shape index (κ2) is 6.59. The summed E-state index contributed by atoms with van der Waals surface area (Å²) < 4.78 is 0. The van der Waals surface area contributed by atoms with Crippen molar-refractivity contribution in [1.82, 2.24) is 20.5 Å². The van der Waals surface area contributed by atoms with Crippen LogP contribution < -0.4 is 10.6 Å². The fraction of sp³-hybridized carbons (Fsp3) is 0.529. The summed E-state index contributed by atoms with van der Waals surface area (Å²) in [5.74, 6) is -0.526. The van der Waals surface area contributed by atoms with E-state index in [0.29, 0.717) is 13.0 Å². The van der Waals surface area contributed by atoms with Gasteiger partial charge in [-0.25, -0.2) is 4.79 Å². The molecule has 2 fully saturated rings. The van der Waals surface area contributed by atoms with Gasteiger partial charge in [-0.2, -0.15) is 0 Å². The van der Waals surface area contributed by atoms with Crippen molar-refractivity contribution in [3.63, 3.8) is 0 Å². The number of urea groups is 1. The molecule has 2 N–H and O–H groups in total. The summed E-state index contributed by atoms with van der Waals surface area (Å²) in [6.07, 6.45) is 6.83. The lowest BCUT2D eigenvalue weighted by molar-refractivity contribution is -0.137. The number of nitrogens with zero attached hydrogens (tertiary/aromatic N) is 2. The van der Waals surface area contributed by atoms with Gasteiger partial charge in [0.25, 0.3) is 5.91 Å². The van der Waals surface area contributed by atoms with Crippen LogP contribution in [0.5, 0.6) is 0 Å². The van der Waals surface area contributed by atoms with Crippen molar-refractivity contribution in [2.24, 2.45) is 5.92 Å². The molecule has 1 aliphatic carbocycles. The molecule has 2 aliphatic rings. The maximum absolute atomic E-state index is 12.8. The molecule has 24 heavy (non-hydrogen) atoms. The van der Waals surface area contributed by atoms with E-state index >= 15 is 0 Å². The average Bonchev–Trinajstić information content (AvgIpc) is 2.82. The molecule has 4 amide bonds. The molecule has 1 aromatic rings. The first kappa shape index (κ1) is 16.4. The number of nitrogens with one attached hydrogen (secondary N) is 2. The van der Waals surface area contributed by atoms with Crippen LogP contribution in [-0.4, -0.2) is 39.8 Å². The summed E-state index contributed by atoms with van der Waals surface area (Å²) in [7, 11) is 0. The predicted molar refractivity (Wildman–Crippen MR) is 86.7 cm³/mol. The number of pyridine rings is 1. The van der Waals surface area contributed by atoms with Gasteiger partial charge in [0.15, 0.2) is 0 Å². The molecule has 1 spiro atoms. The van der Waals surface area contributed by atoms with Crippen molar-refractivity contribution >= 4 is 17.8 Å². The van der Waals surface area contributed by atoms with Crippen molar-refractivity contribution in [2.45, 2.75) is 44.7 Å². The number of aromatic nitrogens is 1. The van der Waals surface area contributed by atoms with E-state index in [9.17, 15) is 14.4 Å². The highest BCUT2D eigenvalue weighted by Crippen LogP contribution is 2.38.